The van der Waals surface area contributed by atoms with Crippen LogP contribution in [-0.2, 0) is 4.79 Å². The molecule has 1 aliphatic heterocycles. The lowest BCUT2D eigenvalue weighted by atomic mass is 10.0. The molecule has 1 atom stereocenters. The molecule has 0 aromatic heterocycles. The molecule has 1 amide bonds. The Hall–Kier alpha value is -1.31. The van der Waals surface area contributed by atoms with Gasteiger partial charge in [0.2, 0.25) is 5.91 Å². The smallest absolute Gasteiger partial charge is 0.220 e. The van der Waals surface area contributed by atoms with Crippen LogP contribution in [0.25, 0.3) is 0 Å². The third kappa shape index (κ3) is 3.09. The van der Waals surface area contributed by atoms with Gasteiger partial charge in [-0.1, -0.05) is 49.6 Å². The fourth-order valence-electron chi connectivity index (χ4n) is 2.26. The van der Waals surface area contributed by atoms with Crippen molar-refractivity contribution in [2.45, 2.75) is 44.6 Å². The zero-order chi connectivity index (χ0) is 11.2. The summed E-state index contributed by atoms with van der Waals surface area (Å²) in [5.74, 6) is 0.204. The monoisotopic (exact) mass is 217 g/mol. The van der Waals surface area contributed by atoms with Crippen LogP contribution in [0.15, 0.2) is 30.3 Å². The van der Waals surface area contributed by atoms with E-state index >= 15 is 0 Å². The third-order valence-electron chi connectivity index (χ3n) is 3.18. The minimum atomic E-state index is 0.204. The topological polar surface area (TPSA) is 29.1 Å². The number of hydrogen-bond acceptors (Lipinski definition) is 1. The van der Waals surface area contributed by atoms with E-state index in [1.165, 1.54) is 24.8 Å². The molecular weight excluding hydrogens is 198 g/mol. The summed E-state index contributed by atoms with van der Waals surface area (Å²) in [5.41, 5.74) is 1.23. The van der Waals surface area contributed by atoms with Crippen molar-refractivity contribution < 1.29 is 4.79 Å². The Labute approximate surface area is 97.1 Å². The molecule has 1 unspecified atom stereocenters. The molecule has 1 aromatic rings. The lowest BCUT2D eigenvalue weighted by Crippen LogP contribution is -2.27. The van der Waals surface area contributed by atoms with E-state index in [-0.39, 0.29) is 11.9 Å². The molecule has 1 heterocycles. The summed E-state index contributed by atoms with van der Waals surface area (Å²) < 4.78 is 0. The van der Waals surface area contributed by atoms with E-state index in [4.69, 9.17) is 0 Å². The van der Waals surface area contributed by atoms with Crippen molar-refractivity contribution in [2.24, 2.45) is 0 Å². The van der Waals surface area contributed by atoms with Gasteiger partial charge in [0, 0.05) is 6.42 Å². The fourth-order valence-corrected chi connectivity index (χ4v) is 2.26. The van der Waals surface area contributed by atoms with Gasteiger partial charge in [0.05, 0.1) is 6.04 Å². The molecule has 1 aromatic carbocycles. The highest BCUT2D eigenvalue weighted by Crippen LogP contribution is 2.22. The maximum absolute atomic E-state index is 11.7. The van der Waals surface area contributed by atoms with Crippen molar-refractivity contribution in [3.05, 3.63) is 35.9 Å². The lowest BCUT2D eigenvalue weighted by Gasteiger charge is -2.18. The van der Waals surface area contributed by atoms with Crippen molar-refractivity contribution in [3.8, 4) is 0 Å². The highest BCUT2D eigenvalue weighted by Gasteiger charge is 2.15. The zero-order valence-electron chi connectivity index (χ0n) is 9.61. The standard InChI is InChI=1S/C14H19NO/c16-14-11-7-2-1-6-10-13(15-14)12-8-4-3-5-9-12/h3-5,8-9,13H,1-2,6-7,10-11H2,(H,15,16). The second-order valence-electron chi connectivity index (χ2n) is 4.48. The van der Waals surface area contributed by atoms with Gasteiger partial charge in [0.1, 0.15) is 0 Å². The lowest BCUT2D eigenvalue weighted by molar-refractivity contribution is -0.121. The molecule has 1 aliphatic rings. The minimum Gasteiger partial charge on any atom is -0.349 e. The number of nitrogens with one attached hydrogen (secondary N) is 1. The highest BCUT2D eigenvalue weighted by atomic mass is 16.1. The molecule has 0 aliphatic carbocycles. The molecule has 16 heavy (non-hydrogen) atoms. The minimum absolute atomic E-state index is 0.204. The molecule has 2 nitrogen and oxygen atoms in total. The van der Waals surface area contributed by atoms with Crippen LogP contribution in [0.2, 0.25) is 0 Å². The van der Waals surface area contributed by atoms with Crippen LogP contribution in [0, 0.1) is 0 Å². The summed E-state index contributed by atoms with van der Waals surface area (Å²) >= 11 is 0. The summed E-state index contributed by atoms with van der Waals surface area (Å²) in [5, 5.41) is 3.14. The largest absolute Gasteiger partial charge is 0.349 e. The van der Waals surface area contributed by atoms with Gasteiger partial charge in [-0.05, 0) is 18.4 Å². The van der Waals surface area contributed by atoms with Crippen LogP contribution in [0.4, 0.5) is 0 Å². The summed E-state index contributed by atoms with van der Waals surface area (Å²) in [6.07, 6.45) is 6.43. The molecule has 0 saturated carbocycles. The molecule has 2 heteroatoms. The number of amides is 1. The van der Waals surface area contributed by atoms with Gasteiger partial charge >= 0.3 is 0 Å². The Morgan fingerprint density at radius 3 is 2.56 bits per heavy atom. The Balaban J connectivity index is 2.08. The molecule has 1 fully saturated rings. The van der Waals surface area contributed by atoms with Crippen LogP contribution >= 0.6 is 0 Å². The van der Waals surface area contributed by atoms with Crippen molar-refractivity contribution in [3.63, 3.8) is 0 Å². The predicted octanol–water partition coefficient (Wildman–Crippen LogP) is 3.20. The van der Waals surface area contributed by atoms with Gasteiger partial charge in [-0.15, -0.1) is 0 Å². The van der Waals surface area contributed by atoms with E-state index in [0.29, 0.717) is 6.42 Å². The summed E-state index contributed by atoms with van der Waals surface area (Å²) in [6.45, 7) is 0. The average Bonchev–Trinajstić information content (AvgIpc) is 2.42. The molecule has 0 bridgehead atoms. The number of carbonyl (C=O) groups excluding carboxylic acids is 1. The Morgan fingerprint density at radius 1 is 1.00 bits per heavy atom. The van der Waals surface area contributed by atoms with E-state index in [0.717, 1.165) is 12.8 Å². The first-order valence-electron chi connectivity index (χ1n) is 6.20. The van der Waals surface area contributed by atoms with Crippen LogP contribution in [0.5, 0.6) is 0 Å². The predicted molar refractivity (Wildman–Crippen MR) is 65.0 cm³/mol. The van der Waals surface area contributed by atoms with Gasteiger partial charge in [-0.25, -0.2) is 0 Å². The molecule has 1 saturated heterocycles. The Kier molecular flexibility index (Phi) is 3.97. The van der Waals surface area contributed by atoms with Crippen LogP contribution in [0.1, 0.15) is 50.1 Å². The van der Waals surface area contributed by atoms with E-state index in [9.17, 15) is 4.79 Å². The number of benzene rings is 1. The molecule has 0 radical (unpaired) electrons. The first kappa shape index (κ1) is 11.2. The Bertz CT molecular complexity index is 334. The summed E-state index contributed by atoms with van der Waals surface area (Å²) in [6, 6.07) is 10.5. The van der Waals surface area contributed by atoms with Crippen molar-refractivity contribution in [1.82, 2.24) is 5.32 Å². The van der Waals surface area contributed by atoms with Crippen molar-refractivity contribution >= 4 is 5.91 Å². The second-order valence-corrected chi connectivity index (χ2v) is 4.48. The van der Waals surface area contributed by atoms with Gasteiger partial charge in [0.25, 0.3) is 0 Å². The van der Waals surface area contributed by atoms with E-state index in [1.54, 1.807) is 0 Å². The fraction of sp³-hybridized carbons (Fsp3) is 0.500. The highest BCUT2D eigenvalue weighted by molar-refractivity contribution is 5.76. The Morgan fingerprint density at radius 2 is 1.75 bits per heavy atom. The van der Waals surface area contributed by atoms with Crippen LogP contribution in [-0.4, -0.2) is 5.91 Å². The third-order valence-corrected chi connectivity index (χ3v) is 3.18. The summed E-state index contributed by atoms with van der Waals surface area (Å²) in [4.78, 5) is 11.7. The molecule has 2 rings (SSSR count). The number of rotatable bonds is 1. The second kappa shape index (κ2) is 5.69. The van der Waals surface area contributed by atoms with E-state index < -0.39 is 0 Å². The molecule has 1 N–H and O–H groups in total. The molecule has 86 valence electrons. The van der Waals surface area contributed by atoms with Gasteiger partial charge in [-0.3, -0.25) is 4.79 Å². The van der Waals surface area contributed by atoms with E-state index in [2.05, 4.69) is 17.4 Å². The van der Waals surface area contributed by atoms with Gasteiger partial charge in [0.15, 0.2) is 0 Å². The quantitative estimate of drug-likeness (QED) is 0.769. The first-order chi connectivity index (χ1) is 7.86. The average molecular weight is 217 g/mol. The number of hydrogen-bond donors (Lipinski definition) is 1. The molecular formula is C14H19NO. The van der Waals surface area contributed by atoms with E-state index in [1.807, 2.05) is 18.2 Å². The SMILES string of the molecule is O=C1CCCCCCC(c2ccccc2)N1. The van der Waals surface area contributed by atoms with Crippen LogP contribution in [0.3, 0.4) is 0 Å². The maximum atomic E-state index is 11.7. The first-order valence-corrected chi connectivity index (χ1v) is 6.20. The zero-order valence-corrected chi connectivity index (χ0v) is 9.61. The normalized spacial score (nSPS) is 22.8. The van der Waals surface area contributed by atoms with Crippen molar-refractivity contribution in [2.75, 3.05) is 0 Å². The van der Waals surface area contributed by atoms with Gasteiger partial charge in [-0.2, -0.15) is 0 Å². The van der Waals surface area contributed by atoms with Crippen LogP contribution < -0.4 is 5.32 Å². The van der Waals surface area contributed by atoms with Gasteiger partial charge < -0.3 is 5.32 Å². The van der Waals surface area contributed by atoms with Crippen molar-refractivity contribution in [1.29, 1.82) is 0 Å². The number of carbonyl (C=O) groups is 1. The molecule has 0 spiro atoms. The maximum Gasteiger partial charge on any atom is 0.220 e. The summed E-state index contributed by atoms with van der Waals surface area (Å²) in [7, 11) is 0.